The summed E-state index contributed by atoms with van der Waals surface area (Å²) in [7, 11) is 1.59. The molecule has 88 valence electrons. The van der Waals surface area contributed by atoms with Gasteiger partial charge in [-0.1, -0.05) is 0 Å². The van der Waals surface area contributed by atoms with E-state index in [0.29, 0.717) is 6.01 Å². The summed E-state index contributed by atoms with van der Waals surface area (Å²) in [5, 5.41) is 6.65. The Morgan fingerprint density at radius 2 is 2.00 bits per heavy atom. The number of hydrogen-bond acceptors (Lipinski definition) is 5. The Morgan fingerprint density at radius 3 is 2.62 bits per heavy atom. The summed E-state index contributed by atoms with van der Waals surface area (Å²) in [6, 6.07) is 0.425. The first-order chi connectivity index (χ1) is 7.49. The minimum atomic E-state index is -0.0181. The van der Waals surface area contributed by atoms with Crippen molar-refractivity contribution in [2.75, 3.05) is 12.4 Å². The molecule has 2 heterocycles. The van der Waals surface area contributed by atoms with E-state index in [2.05, 4.69) is 41.4 Å². The largest absolute Gasteiger partial charge is 0.467 e. The third kappa shape index (κ3) is 2.24. The van der Waals surface area contributed by atoms with E-state index in [1.165, 1.54) is 0 Å². The summed E-state index contributed by atoms with van der Waals surface area (Å²) < 4.78 is 5.10. The summed E-state index contributed by atoms with van der Waals surface area (Å²) in [5.41, 5.74) is 2.16. The molecule has 0 saturated carbocycles. The first-order valence-corrected chi connectivity index (χ1v) is 5.42. The Bertz CT molecular complexity index is 398. The molecule has 0 radical (unpaired) electrons. The van der Waals surface area contributed by atoms with Crippen molar-refractivity contribution in [3.63, 3.8) is 0 Å². The lowest BCUT2D eigenvalue weighted by molar-refractivity contribution is 0.378. The average Bonchev–Trinajstić information content (AvgIpc) is 2.63. The van der Waals surface area contributed by atoms with Gasteiger partial charge in [-0.25, -0.2) is 0 Å². The van der Waals surface area contributed by atoms with E-state index in [9.17, 15) is 0 Å². The van der Waals surface area contributed by atoms with Crippen LogP contribution in [-0.2, 0) is 13.1 Å². The number of rotatable bonds is 2. The Labute approximate surface area is 95.6 Å². The molecule has 0 unspecified atom stereocenters. The maximum atomic E-state index is 5.10. The molecule has 1 aliphatic rings. The molecule has 0 atom stereocenters. The molecule has 0 aromatic carbocycles. The van der Waals surface area contributed by atoms with Crippen molar-refractivity contribution in [2.24, 2.45) is 0 Å². The van der Waals surface area contributed by atoms with Crippen LogP contribution in [0.4, 0.5) is 5.82 Å². The highest BCUT2D eigenvalue weighted by Gasteiger charge is 2.22. The van der Waals surface area contributed by atoms with E-state index >= 15 is 0 Å². The molecule has 2 N–H and O–H groups in total. The molecule has 1 aromatic rings. The van der Waals surface area contributed by atoms with Gasteiger partial charge in [0.1, 0.15) is 5.82 Å². The molecule has 16 heavy (non-hydrogen) atoms. The molecule has 0 spiro atoms. The molecule has 5 heteroatoms. The summed E-state index contributed by atoms with van der Waals surface area (Å²) in [6.07, 6.45) is 0. The number of ether oxygens (including phenoxy) is 1. The van der Waals surface area contributed by atoms with Gasteiger partial charge in [-0.15, -0.1) is 0 Å². The molecule has 0 saturated heterocycles. The van der Waals surface area contributed by atoms with E-state index in [4.69, 9.17) is 4.74 Å². The fourth-order valence-electron chi connectivity index (χ4n) is 1.70. The number of aromatic nitrogens is 2. The Kier molecular flexibility index (Phi) is 2.71. The van der Waals surface area contributed by atoms with Crippen LogP contribution in [0.2, 0.25) is 0 Å². The third-order valence-corrected chi connectivity index (χ3v) is 2.34. The number of methoxy groups -OCH3 is 1. The number of nitrogens with zero attached hydrogens (tertiary/aromatic N) is 2. The Balaban J connectivity index is 2.39. The van der Waals surface area contributed by atoms with Gasteiger partial charge in [-0.2, -0.15) is 9.97 Å². The van der Waals surface area contributed by atoms with Gasteiger partial charge in [0, 0.05) is 24.2 Å². The summed E-state index contributed by atoms with van der Waals surface area (Å²) in [6.45, 7) is 7.92. The molecular weight excluding hydrogens is 204 g/mol. The topological polar surface area (TPSA) is 59.1 Å². The van der Waals surface area contributed by atoms with Crippen LogP contribution in [-0.4, -0.2) is 22.6 Å². The van der Waals surface area contributed by atoms with Gasteiger partial charge in [0.2, 0.25) is 0 Å². The van der Waals surface area contributed by atoms with E-state index in [0.717, 1.165) is 30.2 Å². The van der Waals surface area contributed by atoms with Crippen LogP contribution < -0.4 is 15.4 Å². The van der Waals surface area contributed by atoms with Crippen LogP contribution in [0.15, 0.2) is 0 Å². The molecule has 0 aliphatic carbocycles. The van der Waals surface area contributed by atoms with Crippen LogP contribution in [0.1, 0.15) is 32.0 Å². The van der Waals surface area contributed by atoms with Gasteiger partial charge < -0.3 is 15.4 Å². The van der Waals surface area contributed by atoms with Gasteiger partial charge >= 0.3 is 6.01 Å². The van der Waals surface area contributed by atoms with Crippen molar-refractivity contribution >= 4 is 5.82 Å². The highest BCUT2D eigenvalue weighted by molar-refractivity contribution is 5.50. The van der Waals surface area contributed by atoms with Crippen LogP contribution in [0.25, 0.3) is 0 Å². The molecule has 0 bridgehead atoms. The number of hydrogen-bond donors (Lipinski definition) is 2. The minimum absolute atomic E-state index is 0.0181. The van der Waals surface area contributed by atoms with Gasteiger partial charge in [0.05, 0.1) is 12.8 Å². The standard InChI is InChI=1S/C11H18N4O/c1-11(2,3)15-9-7-5-12-6-8(7)13-10(14-9)16-4/h12H,5-6H2,1-4H3,(H,13,14,15). The van der Waals surface area contributed by atoms with Crippen LogP contribution >= 0.6 is 0 Å². The Hall–Kier alpha value is -1.36. The van der Waals surface area contributed by atoms with Crippen molar-refractivity contribution in [2.45, 2.75) is 39.4 Å². The van der Waals surface area contributed by atoms with Crippen molar-refractivity contribution in [3.05, 3.63) is 11.3 Å². The Morgan fingerprint density at radius 1 is 1.25 bits per heavy atom. The second-order valence-corrected chi connectivity index (χ2v) is 4.96. The average molecular weight is 222 g/mol. The van der Waals surface area contributed by atoms with Gasteiger partial charge in [-0.3, -0.25) is 0 Å². The van der Waals surface area contributed by atoms with Gasteiger partial charge in [-0.05, 0) is 20.8 Å². The van der Waals surface area contributed by atoms with E-state index in [-0.39, 0.29) is 5.54 Å². The number of fused-ring (bicyclic) bond motifs is 1. The lowest BCUT2D eigenvalue weighted by atomic mass is 10.1. The molecule has 2 rings (SSSR count). The maximum Gasteiger partial charge on any atom is 0.318 e. The first kappa shape index (κ1) is 11.1. The molecule has 0 amide bonds. The quantitative estimate of drug-likeness (QED) is 0.790. The molecule has 1 aromatic heterocycles. The second-order valence-electron chi connectivity index (χ2n) is 4.96. The van der Waals surface area contributed by atoms with E-state index in [1.807, 2.05) is 0 Å². The van der Waals surface area contributed by atoms with E-state index in [1.54, 1.807) is 7.11 Å². The lowest BCUT2D eigenvalue weighted by Gasteiger charge is -2.23. The number of nitrogens with one attached hydrogen (secondary N) is 2. The van der Waals surface area contributed by atoms with Gasteiger partial charge in [0.15, 0.2) is 0 Å². The van der Waals surface area contributed by atoms with E-state index < -0.39 is 0 Å². The predicted molar refractivity (Wildman–Crippen MR) is 62.5 cm³/mol. The molecule has 0 fully saturated rings. The fourth-order valence-corrected chi connectivity index (χ4v) is 1.70. The smallest absolute Gasteiger partial charge is 0.318 e. The first-order valence-electron chi connectivity index (χ1n) is 5.42. The van der Waals surface area contributed by atoms with Gasteiger partial charge in [0.25, 0.3) is 0 Å². The SMILES string of the molecule is COc1nc2c(c(NC(C)(C)C)n1)CNC2. The zero-order chi connectivity index (χ0) is 11.8. The van der Waals surface area contributed by atoms with Crippen LogP contribution in [0, 0.1) is 0 Å². The normalized spacial score (nSPS) is 14.8. The lowest BCUT2D eigenvalue weighted by Crippen LogP contribution is -2.27. The monoisotopic (exact) mass is 222 g/mol. The predicted octanol–water partition coefficient (Wildman–Crippen LogP) is 1.30. The third-order valence-electron chi connectivity index (χ3n) is 2.34. The highest BCUT2D eigenvalue weighted by atomic mass is 16.5. The van der Waals surface area contributed by atoms with Crippen LogP contribution in [0.5, 0.6) is 6.01 Å². The zero-order valence-electron chi connectivity index (χ0n) is 10.2. The molecule has 1 aliphatic heterocycles. The molecule has 5 nitrogen and oxygen atoms in total. The summed E-state index contributed by atoms with van der Waals surface area (Å²) >= 11 is 0. The summed E-state index contributed by atoms with van der Waals surface area (Å²) in [5.74, 6) is 0.874. The molecular formula is C11H18N4O. The van der Waals surface area contributed by atoms with Crippen molar-refractivity contribution in [3.8, 4) is 6.01 Å². The fraction of sp³-hybridized carbons (Fsp3) is 0.636. The van der Waals surface area contributed by atoms with Crippen LogP contribution in [0.3, 0.4) is 0 Å². The highest BCUT2D eigenvalue weighted by Crippen LogP contribution is 2.25. The number of anilines is 1. The summed E-state index contributed by atoms with van der Waals surface area (Å²) in [4.78, 5) is 8.69. The maximum absolute atomic E-state index is 5.10. The minimum Gasteiger partial charge on any atom is -0.467 e. The van der Waals surface area contributed by atoms with Crippen molar-refractivity contribution in [1.82, 2.24) is 15.3 Å². The second kappa shape index (κ2) is 3.90. The van der Waals surface area contributed by atoms with Crippen molar-refractivity contribution < 1.29 is 4.74 Å². The van der Waals surface area contributed by atoms with Crippen molar-refractivity contribution in [1.29, 1.82) is 0 Å². The zero-order valence-corrected chi connectivity index (χ0v) is 10.2.